The summed E-state index contributed by atoms with van der Waals surface area (Å²) in [5.41, 5.74) is 7.01. The highest BCUT2D eigenvalue weighted by Crippen LogP contribution is 2.32. The van der Waals surface area contributed by atoms with Crippen molar-refractivity contribution in [2.24, 2.45) is 5.92 Å². The van der Waals surface area contributed by atoms with Crippen LogP contribution in [0.5, 0.6) is 0 Å². The van der Waals surface area contributed by atoms with Crippen LogP contribution in [0.2, 0.25) is 0 Å². The number of nitrogen functional groups attached to an aromatic ring is 1. The van der Waals surface area contributed by atoms with Gasteiger partial charge in [-0.05, 0) is 30.7 Å². The van der Waals surface area contributed by atoms with Gasteiger partial charge in [-0.2, -0.15) is 18.4 Å². The topological polar surface area (TPSA) is 49.8 Å². The molecule has 0 aliphatic heterocycles. The summed E-state index contributed by atoms with van der Waals surface area (Å²) >= 11 is 1.00. The molecule has 0 bridgehead atoms. The first-order chi connectivity index (χ1) is 7.84. The van der Waals surface area contributed by atoms with Gasteiger partial charge < -0.3 is 5.73 Å². The molecule has 1 atom stereocenters. The van der Waals surface area contributed by atoms with E-state index in [2.05, 4.69) is 0 Å². The third-order valence-electron chi connectivity index (χ3n) is 2.21. The molecule has 92 valence electrons. The first kappa shape index (κ1) is 13.7. The Morgan fingerprint density at radius 1 is 1.47 bits per heavy atom. The van der Waals surface area contributed by atoms with Crippen LogP contribution in [0, 0.1) is 24.2 Å². The van der Waals surface area contributed by atoms with Crippen molar-refractivity contribution in [2.45, 2.75) is 18.0 Å². The molecule has 1 aromatic carbocycles. The number of alkyl halides is 3. The summed E-state index contributed by atoms with van der Waals surface area (Å²) < 4.78 is 36.9. The molecular formula is C11H11F3N2S. The summed E-state index contributed by atoms with van der Waals surface area (Å²) in [5.74, 6) is -2.24. The molecule has 0 heterocycles. The maximum Gasteiger partial charge on any atom is 0.405 e. The lowest BCUT2D eigenvalue weighted by Gasteiger charge is -2.12. The Labute approximate surface area is 102 Å². The molecule has 1 unspecified atom stereocenters. The molecule has 0 aromatic heterocycles. The van der Waals surface area contributed by atoms with E-state index in [1.54, 1.807) is 25.1 Å². The highest BCUT2D eigenvalue weighted by Gasteiger charge is 2.39. The van der Waals surface area contributed by atoms with Gasteiger partial charge in [0.05, 0.1) is 6.07 Å². The quantitative estimate of drug-likeness (QED) is 0.669. The number of aryl methyl sites for hydroxylation is 1. The standard InChI is InChI=1S/C11H11F3N2S/c1-7-4-9(2-3-10(7)16)17-6-8(5-15)11(12,13)14/h2-4,8H,6,16H2,1H3. The Morgan fingerprint density at radius 2 is 2.12 bits per heavy atom. The molecule has 0 spiro atoms. The van der Waals surface area contributed by atoms with Crippen molar-refractivity contribution in [3.63, 3.8) is 0 Å². The Balaban J connectivity index is 2.67. The molecule has 2 nitrogen and oxygen atoms in total. The van der Waals surface area contributed by atoms with Gasteiger partial charge in [-0.15, -0.1) is 11.8 Å². The summed E-state index contributed by atoms with van der Waals surface area (Å²) in [6.07, 6.45) is -4.47. The zero-order chi connectivity index (χ0) is 13.1. The van der Waals surface area contributed by atoms with Crippen LogP contribution in [0.1, 0.15) is 5.56 Å². The predicted molar refractivity (Wildman–Crippen MR) is 61.5 cm³/mol. The van der Waals surface area contributed by atoms with Gasteiger partial charge in [0.15, 0.2) is 5.92 Å². The van der Waals surface area contributed by atoms with Gasteiger partial charge >= 0.3 is 6.18 Å². The largest absolute Gasteiger partial charge is 0.405 e. The lowest BCUT2D eigenvalue weighted by Crippen LogP contribution is -2.23. The van der Waals surface area contributed by atoms with Gasteiger partial charge in [0.2, 0.25) is 0 Å². The zero-order valence-electron chi connectivity index (χ0n) is 9.08. The lowest BCUT2D eigenvalue weighted by atomic mass is 10.2. The Morgan fingerprint density at radius 3 is 2.59 bits per heavy atom. The van der Waals surface area contributed by atoms with E-state index in [4.69, 9.17) is 11.0 Å². The number of nitrogens with two attached hydrogens (primary N) is 1. The van der Waals surface area contributed by atoms with Crippen LogP contribution in [-0.4, -0.2) is 11.9 Å². The maximum atomic E-state index is 12.3. The van der Waals surface area contributed by atoms with E-state index in [0.717, 1.165) is 17.3 Å². The van der Waals surface area contributed by atoms with Crippen LogP contribution in [0.15, 0.2) is 23.1 Å². The summed E-state index contributed by atoms with van der Waals surface area (Å²) in [6.45, 7) is 1.78. The molecule has 1 aromatic rings. The molecule has 17 heavy (non-hydrogen) atoms. The molecule has 0 fully saturated rings. The summed E-state index contributed by atoms with van der Waals surface area (Å²) in [4.78, 5) is 0.682. The van der Waals surface area contributed by atoms with Gasteiger partial charge in [-0.25, -0.2) is 0 Å². The molecule has 0 saturated heterocycles. The number of nitrogens with zero attached hydrogens (tertiary/aromatic N) is 1. The predicted octanol–water partition coefficient (Wildman–Crippen LogP) is 3.37. The second-order valence-electron chi connectivity index (χ2n) is 3.55. The van der Waals surface area contributed by atoms with Crippen LogP contribution in [0.4, 0.5) is 18.9 Å². The number of thioether (sulfide) groups is 1. The number of hydrogen-bond donors (Lipinski definition) is 1. The lowest BCUT2D eigenvalue weighted by molar-refractivity contribution is -0.152. The van der Waals surface area contributed by atoms with E-state index < -0.39 is 12.1 Å². The number of halogens is 3. The minimum Gasteiger partial charge on any atom is -0.399 e. The summed E-state index contributed by atoms with van der Waals surface area (Å²) in [7, 11) is 0. The van der Waals surface area contributed by atoms with Crippen LogP contribution in [-0.2, 0) is 0 Å². The molecule has 6 heteroatoms. The Bertz CT molecular complexity index is 437. The smallest absolute Gasteiger partial charge is 0.399 e. The van der Waals surface area contributed by atoms with Crippen molar-refractivity contribution >= 4 is 17.4 Å². The first-order valence-electron chi connectivity index (χ1n) is 4.80. The number of rotatable bonds is 3. The first-order valence-corrected chi connectivity index (χ1v) is 5.78. The molecule has 1 rings (SSSR count). The normalized spacial score (nSPS) is 13.1. The SMILES string of the molecule is Cc1cc(SCC(C#N)C(F)(F)F)ccc1N. The monoisotopic (exact) mass is 260 g/mol. The van der Waals surface area contributed by atoms with Crippen molar-refractivity contribution in [1.82, 2.24) is 0 Å². The minimum atomic E-state index is -4.47. The number of nitriles is 1. The van der Waals surface area contributed by atoms with E-state index in [0.29, 0.717) is 10.6 Å². The molecular weight excluding hydrogens is 249 g/mol. The highest BCUT2D eigenvalue weighted by atomic mass is 32.2. The fourth-order valence-corrected chi connectivity index (χ4v) is 2.17. The van der Waals surface area contributed by atoms with Crippen molar-refractivity contribution in [3.8, 4) is 6.07 Å². The van der Waals surface area contributed by atoms with E-state index in [-0.39, 0.29) is 5.75 Å². The number of hydrogen-bond acceptors (Lipinski definition) is 3. The van der Waals surface area contributed by atoms with Crippen LogP contribution >= 0.6 is 11.8 Å². The third kappa shape index (κ3) is 3.86. The number of benzene rings is 1. The highest BCUT2D eigenvalue weighted by molar-refractivity contribution is 7.99. The summed E-state index contributed by atoms with van der Waals surface area (Å²) in [6, 6.07) is 6.28. The fraction of sp³-hybridized carbons (Fsp3) is 0.364. The average molecular weight is 260 g/mol. The summed E-state index contributed by atoms with van der Waals surface area (Å²) in [5, 5.41) is 8.44. The van der Waals surface area contributed by atoms with Crippen molar-refractivity contribution < 1.29 is 13.2 Å². The molecule has 2 N–H and O–H groups in total. The third-order valence-corrected chi connectivity index (χ3v) is 3.30. The Kier molecular flexibility index (Phi) is 4.29. The molecule has 0 aliphatic rings. The molecule has 0 aliphatic carbocycles. The second-order valence-corrected chi connectivity index (χ2v) is 4.65. The van der Waals surface area contributed by atoms with Gasteiger partial charge in [-0.1, -0.05) is 0 Å². The zero-order valence-corrected chi connectivity index (χ0v) is 9.90. The van der Waals surface area contributed by atoms with Crippen molar-refractivity contribution in [1.29, 1.82) is 5.26 Å². The Hall–Kier alpha value is -1.35. The molecule has 0 radical (unpaired) electrons. The fourth-order valence-electron chi connectivity index (χ4n) is 1.12. The molecule has 0 amide bonds. The second kappa shape index (κ2) is 5.32. The van der Waals surface area contributed by atoms with E-state index in [9.17, 15) is 13.2 Å². The van der Waals surface area contributed by atoms with Gasteiger partial charge in [-0.3, -0.25) is 0 Å². The van der Waals surface area contributed by atoms with Crippen LogP contribution in [0.3, 0.4) is 0 Å². The average Bonchev–Trinajstić information content (AvgIpc) is 2.22. The maximum absolute atomic E-state index is 12.3. The van der Waals surface area contributed by atoms with Crippen LogP contribution < -0.4 is 5.73 Å². The van der Waals surface area contributed by atoms with E-state index in [1.807, 2.05) is 0 Å². The minimum absolute atomic E-state index is 0.302. The molecule has 0 saturated carbocycles. The van der Waals surface area contributed by atoms with Gasteiger partial charge in [0, 0.05) is 16.3 Å². The van der Waals surface area contributed by atoms with E-state index in [1.165, 1.54) is 6.07 Å². The number of anilines is 1. The van der Waals surface area contributed by atoms with Gasteiger partial charge in [0.25, 0.3) is 0 Å². The van der Waals surface area contributed by atoms with Crippen molar-refractivity contribution in [2.75, 3.05) is 11.5 Å². The van der Waals surface area contributed by atoms with Gasteiger partial charge in [0.1, 0.15) is 0 Å². The van der Waals surface area contributed by atoms with Crippen LogP contribution in [0.25, 0.3) is 0 Å². The van der Waals surface area contributed by atoms with Crippen molar-refractivity contribution in [3.05, 3.63) is 23.8 Å². The van der Waals surface area contributed by atoms with E-state index >= 15 is 0 Å².